The van der Waals surface area contributed by atoms with Crippen molar-refractivity contribution in [3.05, 3.63) is 35.4 Å². The van der Waals surface area contributed by atoms with Gasteiger partial charge in [-0.2, -0.15) is 4.40 Å². The standard InChI is InChI=1S/C10H13NO3S/c1-8-4-3-5-9(6-8)10(12)7-11-15(2,13)14/h3-7,10,12H,1-2H3. The molecular weight excluding hydrogens is 214 g/mol. The van der Waals surface area contributed by atoms with Crippen molar-refractivity contribution >= 4 is 16.2 Å². The Hall–Kier alpha value is -1.20. The van der Waals surface area contributed by atoms with Crippen LogP contribution in [0.15, 0.2) is 28.7 Å². The van der Waals surface area contributed by atoms with Crippen molar-refractivity contribution in [2.45, 2.75) is 13.0 Å². The normalized spacial score (nSPS) is 14.3. The molecule has 1 aromatic carbocycles. The molecule has 0 aliphatic rings. The van der Waals surface area contributed by atoms with E-state index in [1.165, 1.54) is 0 Å². The van der Waals surface area contributed by atoms with Crippen LogP contribution >= 0.6 is 0 Å². The van der Waals surface area contributed by atoms with Gasteiger partial charge in [0, 0.05) is 0 Å². The first-order valence-electron chi connectivity index (χ1n) is 4.38. The number of hydrogen-bond acceptors (Lipinski definition) is 3. The van der Waals surface area contributed by atoms with Gasteiger partial charge in [0.2, 0.25) is 10.0 Å². The largest absolute Gasteiger partial charge is 0.383 e. The zero-order valence-electron chi connectivity index (χ0n) is 8.58. The van der Waals surface area contributed by atoms with Gasteiger partial charge in [0.25, 0.3) is 0 Å². The fraction of sp³-hybridized carbons (Fsp3) is 0.300. The Morgan fingerprint density at radius 3 is 2.67 bits per heavy atom. The van der Waals surface area contributed by atoms with E-state index >= 15 is 0 Å². The van der Waals surface area contributed by atoms with Gasteiger partial charge in [0.1, 0.15) is 6.10 Å². The van der Waals surface area contributed by atoms with Crippen LogP contribution in [0.4, 0.5) is 0 Å². The fourth-order valence-electron chi connectivity index (χ4n) is 1.11. The van der Waals surface area contributed by atoms with Gasteiger partial charge in [0.15, 0.2) is 0 Å². The molecule has 0 saturated heterocycles. The van der Waals surface area contributed by atoms with Crippen molar-refractivity contribution in [3.8, 4) is 0 Å². The number of sulfonamides is 1. The van der Waals surface area contributed by atoms with Gasteiger partial charge in [-0.05, 0) is 12.5 Å². The van der Waals surface area contributed by atoms with Crippen LogP contribution in [0.2, 0.25) is 0 Å². The molecule has 15 heavy (non-hydrogen) atoms. The maximum absolute atomic E-state index is 10.7. The molecule has 0 heterocycles. The van der Waals surface area contributed by atoms with Crippen molar-refractivity contribution in [2.24, 2.45) is 4.40 Å². The molecule has 1 rings (SSSR count). The van der Waals surface area contributed by atoms with Gasteiger partial charge in [-0.3, -0.25) is 0 Å². The molecule has 0 aromatic heterocycles. The summed E-state index contributed by atoms with van der Waals surface area (Å²) in [7, 11) is -3.43. The molecule has 4 nitrogen and oxygen atoms in total. The van der Waals surface area contributed by atoms with E-state index in [4.69, 9.17) is 0 Å². The summed E-state index contributed by atoms with van der Waals surface area (Å²) in [5.41, 5.74) is 1.63. The third-order valence-corrected chi connectivity index (χ3v) is 2.28. The Bertz CT molecular complexity index is 465. The van der Waals surface area contributed by atoms with Crippen LogP contribution in [0.1, 0.15) is 17.2 Å². The highest BCUT2D eigenvalue weighted by atomic mass is 32.2. The van der Waals surface area contributed by atoms with Crippen molar-refractivity contribution in [1.82, 2.24) is 0 Å². The molecule has 5 heteroatoms. The molecule has 0 amide bonds. The van der Waals surface area contributed by atoms with Crippen LogP contribution < -0.4 is 0 Å². The lowest BCUT2D eigenvalue weighted by molar-refractivity contribution is 0.252. The number of aliphatic hydroxyl groups excluding tert-OH is 1. The minimum absolute atomic E-state index is 0.627. The second-order valence-corrected chi connectivity index (χ2v) is 5.02. The first-order valence-corrected chi connectivity index (χ1v) is 6.23. The minimum Gasteiger partial charge on any atom is -0.383 e. The van der Waals surface area contributed by atoms with E-state index in [0.717, 1.165) is 18.0 Å². The molecule has 0 saturated carbocycles. The third kappa shape index (κ3) is 4.22. The minimum atomic E-state index is -3.43. The molecule has 1 N–H and O–H groups in total. The summed E-state index contributed by atoms with van der Waals surface area (Å²) < 4.78 is 24.7. The van der Waals surface area contributed by atoms with E-state index in [1.54, 1.807) is 18.2 Å². The molecule has 0 aliphatic carbocycles. The molecule has 0 bridgehead atoms. The predicted molar refractivity (Wildman–Crippen MR) is 59.5 cm³/mol. The monoisotopic (exact) mass is 227 g/mol. The van der Waals surface area contributed by atoms with Crippen LogP contribution in [-0.2, 0) is 10.0 Å². The number of aryl methyl sites for hydroxylation is 1. The summed E-state index contributed by atoms with van der Waals surface area (Å²) in [6.07, 6.45) is 1.01. The molecular formula is C10H13NO3S. The number of aliphatic hydroxyl groups is 1. The number of hydrogen-bond donors (Lipinski definition) is 1. The summed E-state index contributed by atoms with van der Waals surface area (Å²) in [6.45, 7) is 1.89. The highest BCUT2D eigenvalue weighted by Gasteiger charge is 2.05. The number of nitrogens with zero attached hydrogens (tertiary/aromatic N) is 1. The third-order valence-electron chi connectivity index (χ3n) is 1.78. The van der Waals surface area contributed by atoms with E-state index in [1.807, 2.05) is 13.0 Å². The first kappa shape index (κ1) is 11.9. The zero-order valence-corrected chi connectivity index (χ0v) is 9.40. The topological polar surface area (TPSA) is 66.7 Å². The van der Waals surface area contributed by atoms with Crippen LogP contribution in [0, 0.1) is 6.92 Å². The maximum Gasteiger partial charge on any atom is 0.249 e. The van der Waals surface area contributed by atoms with Crippen molar-refractivity contribution in [3.63, 3.8) is 0 Å². The summed E-state index contributed by atoms with van der Waals surface area (Å²) in [6, 6.07) is 7.18. The van der Waals surface area contributed by atoms with Crippen molar-refractivity contribution in [1.29, 1.82) is 0 Å². The van der Waals surface area contributed by atoms with E-state index in [-0.39, 0.29) is 0 Å². The molecule has 1 atom stereocenters. The van der Waals surface area contributed by atoms with Gasteiger partial charge >= 0.3 is 0 Å². The lowest BCUT2D eigenvalue weighted by atomic mass is 10.1. The van der Waals surface area contributed by atoms with Gasteiger partial charge in [0.05, 0.1) is 12.5 Å². The van der Waals surface area contributed by atoms with E-state index in [0.29, 0.717) is 5.56 Å². The Morgan fingerprint density at radius 1 is 1.47 bits per heavy atom. The first-order chi connectivity index (χ1) is 6.88. The van der Waals surface area contributed by atoms with E-state index in [2.05, 4.69) is 4.40 Å². The Labute approximate surface area is 89.3 Å². The number of rotatable bonds is 3. The molecule has 0 aliphatic heterocycles. The predicted octanol–water partition coefficient (Wildman–Crippen LogP) is 1.06. The van der Waals surface area contributed by atoms with Gasteiger partial charge < -0.3 is 5.11 Å². The van der Waals surface area contributed by atoms with Crippen LogP contribution in [0.25, 0.3) is 0 Å². The Kier molecular flexibility index (Phi) is 3.60. The molecule has 1 aromatic rings. The summed E-state index contributed by atoms with van der Waals surface area (Å²) >= 11 is 0. The van der Waals surface area contributed by atoms with Crippen LogP contribution in [0.3, 0.4) is 0 Å². The summed E-state index contributed by atoms with van der Waals surface area (Å²) in [4.78, 5) is 0. The smallest absolute Gasteiger partial charge is 0.249 e. The van der Waals surface area contributed by atoms with Gasteiger partial charge in [-0.15, -0.1) is 0 Å². The quantitative estimate of drug-likeness (QED) is 0.785. The summed E-state index contributed by atoms with van der Waals surface area (Å²) in [5.74, 6) is 0. The van der Waals surface area contributed by atoms with Crippen molar-refractivity contribution in [2.75, 3.05) is 6.26 Å². The average molecular weight is 227 g/mol. The van der Waals surface area contributed by atoms with Gasteiger partial charge in [-0.1, -0.05) is 29.8 Å². The molecule has 0 fully saturated rings. The molecule has 0 radical (unpaired) electrons. The van der Waals surface area contributed by atoms with E-state index < -0.39 is 16.1 Å². The highest BCUT2D eigenvalue weighted by Crippen LogP contribution is 2.12. The van der Waals surface area contributed by atoms with E-state index in [9.17, 15) is 13.5 Å². The van der Waals surface area contributed by atoms with Crippen LogP contribution in [-0.4, -0.2) is 26.0 Å². The van der Waals surface area contributed by atoms with Crippen LogP contribution in [0.5, 0.6) is 0 Å². The average Bonchev–Trinajstić information content (AvgIpc) is 2.13. The summed E-state index contributed by atoms with van der Waals surface area (Å²) in [5, 5.41) is 9.59. The molecule has 1 unspecified atom stereocenters. The fourth-order valence-corrected chi connectivity index (χ4v) is 1.44. The van der Waals surface area contributed by atoms with Gasteiger partial charge in [-0.25, -0.2) is 8.42 Å². The maximum atomic E-state index is 10.7. The second kappa shape index (κ2) is 4.55. The highest BCUT2D eigenvalue weighted by molar-refractivity contribution is 7.89. The molecule has 82 valence electrons. The van der Waals surface area contributed by atoms with Crippen molar-refractivity contribution < 1.29 is 13.5 Å². The lowest BCUT2D eigenvalue weighted by Crippen LogP contribution is -2.01. The Balaban J connectivity index is 2.87. The Morgan fingerprint density at radius 2 is 2.13 bits per heavy atom. The zero-order chi connectivity index (χ0) is 11.5. The SMILES string of the molecule is Cc1cccc(C(O)C=NS(C)(=O)=O)c1. The second-order valence-electron chi connectivity index (χ2n) is 3.35. The molecule has 0 spiro atoms. The lowest BCUT2D eigenvalue weighted by Gasteiger charge is -2.05. The number of benzene rings is 1.